The van der Waals surface area contributed by atoms with Crippen LogP contribution in [0.4, 0.5) is 5.82 Å². The van der Waals surface area contributed by atoms with E-state index in [0.29, 0.717) is 22.2 Å². The first-order valence-corrected chi connectivity index (χ1v) is 12.0. The molecule has 8 nitrogen and oxygen atoms in total. The van der Waals surface area contributed by atoms with E-state index in [2.05, 4.69) is 46.2 Å². The molecule has 1 aliphatic heterocycles. The minimum Gasteiger partial charge on any atom is -0.394 e. The Balaban J connectivity index is 1.58. The third-order valence-corrected chi connectivity index (χ3v) is 7.52. The molecule has 182 valence electrons. The number of aliphatic hydroxyl groups excluding tert-OH is 2. The zero-order valence-corrected chi connectivity index (χ0v) is 19.6. The highest BCUT2D eigenvalue weighted by molar-refractivity contribution is 6.25. The summed E-state index contributed by atoms with van der Waals surface area (Å²) in [5.74, 6) is 3.03. The minimum absolute atomic E-state index is 0.154. The second-order valence-electron chi connectivity index (χ2n) is 9.51. The van der Waals surface area contributed by atoms with Gasteiger partial charge in [-0.15, -0.1) is 6.42 Å². The molecule has 6 aromatic rings. The number of fused-ring (bicyclic) bond motifs is 1. The molecule has 1 aliphatic rings. The summed E-state index contributed by atoms with van der Waals surface area (Å²) < 4.78 is 7.59. The lowest BCUT2D eigenvalue weighted by atomic mass is 9.87. The molecule has 4 aromatic carbocycles. The van der Waals surface area contributed by atoms with Crippen LogP contribution in [-0.4, -0.2) is 43.6 Å². The van der Waals surface area contributed by atoms with Gasteiger partial charge in [-0.3, -0.25) is 4.79 Å². The number of benzene rings is 4. The summed E-state index contributed by atoms with van der Waals surface area (Å²) >= 11 is 0. The van der Waals surface area contributed by atoms with Crippen LogP contribution in [0.25, 0.3) is 54.5 Å². The number of terminal acetylenes is 1. The summed E-state index contributed by atoms with van der Waals surface area (Å²) in [4.78, 5) is 19.9. The van der Waals surface area contributed by atoms with Gasteiger partial charge in [-0.05, 0) is 38.4 Å². The number of nitrogens with zero attached hydrogens (tertiary/aromatic N) is 2. The average Bonchev–Trinajstić information content (AvgIpc) is 3.50. The summed E-state index contributed by atoms with van der Waals surface area (Å²) in [6, 6.07) is 16.5. The molecule has 3 atom stereocenters. The van der Waals surface area contributed by atoms with Crippen LogP contribution in [0.1, 0.15) is 18.2 Å². The number of rotatable bonds is 3. The zero-order chi connectivity index (χ0) is 25.4. The number of aromatic amines is 1. The predicted molar refractivity (Wildman–Crippen MR) is 143 cm³/mol. The van der Waals surface area contributed by atoms with Crippen molar-refractivity contribution in [2.45, 2.75) is 24.9 Å². The highest BCUT2D eigenvalue weighted by Crippen LogP contribution is 2.43. The quantitative estimate of drug-likeness (QED) is 0.222. The summed E-state index contributed by atoms with van der Waals surface area (Å²) in [6.45, 7) is -0.322. The number of imidazole rings is 1. The standard InChI is InChI=1S/C29H22N4O4/c1-2-17-18-9-8-15-5-3-4-14-6-7-16(24(18)23(14)15)10-19(17)25-27-26(29(36)32-28(25)30)31-13-33(27)22-11-20(35)21(12-34)37-22/h1,3-10,13,20-22,34-35H,11-12H2,(H3,30,32,36)/t20-,21+,22+/m0/s1. The highest BCUT2D eigenvalue weighted by Gasteiger charge is 2.36. The van der Waals surface area contributed by atoms with Crippen LogP contribution < -0.4 is 11.3 Å². The molecule has 2 aromatic heterocycles. The predicted octanol–water partition coefficient (Wildman–Crippen LogP) is 3.49. The van der Waals surface area contributed by atoms with Crippen molar-refractivity contribution in [2.75, 3.05) is 12.3 Å². The van der Waals surface area contributed by atoms with Gasteiger partial charge < -0.3 is 30.2 Å². The van der Waals surface area contributed by atoms with E-state index in [1.54, 1.807) is 4.57 Å². The molecular weight excluding hydrogens is 468 g/mol. The van der Waals surface area contributed by atoms with Crippen molar-refractivity contribution in [2.24, 2.45) is 0 Å². The van der Waals surface area contributed by atoms with Gasteiger partial charge in [0.2, 0.25) is 0 Å². The van der Waals surface area contributed by atoms with Crippen LogP contribution in [0.5, 0.6) is 0 Å². The molecular formula is C29H22N4O4. The zero-order valence-electron chi connectivity index (χ0n) is 19.6. The molecule has 0 aliphatic carbocycles. The number of nitrogens with two attached hydrogens (primary N) is 1. The topological polar surface area (TPSA) is 126 Å². The monoisotopic (exact) mass is 490 g/mol. The Labute approximate surface area is 210 Å². The van der Waals surface area contributed by atoms with Gasteiger partial charge >= 0.3 is 0 Å². The lowest BCUT2D eigenvalue weighted by molar-refractivity contribution is -0.0430. The Kier molecular flexibility index (Phi) is 4.59. The number of aliphatic hydroxyl groups is 2. The highest BCUT2D eigenvalue weighted by atomic mass is 16.5. The lowest BCUT2D eigenvalue weighted by Crippen LogP contribution is -2.24. The van der Waals surface area contributed by atoms with E-state index in [1.807, 2.05) is 18.2 Å². The number of nitrogen functional groups attached to an aromatic ring is 1. The fourth-order valence-electron chi connectivity index (χ4n) is 5.85. The van der Waals surface area contributed by atoms with Crippen molar-refractivity contribution in [3.63, 3.8) is 0 Å². The van der Waals surface area contributed by atoms with Crippen LogP contribution in [0, 0.1) is 12.3 Å². The van der Waals surface area contributed by atoms with Crippen LogP contribution in [0.15, 0.2) is 59.7 Å². The number of H-pyrrole nitrogens is 1. The van der Waals surface area contributed by atoms with E-state index < -0.39 is 24.0 Å². The molecule has 1 saturated heterocycles. The molecule has 3 heterocycles. The van der Waals surface area contributed by atoms with E-state index in [4.69, 9.17) is 16.9 Å². The Morgan fingerprint density at radius 3 is 2.65 bits per heavy atom. The maximum Gasteiger partial charge on any atom is 0.277 e. The van der Waals surface area contributed by atoms with Gasteiger partial charge in [0, 0.05) is 23.1 Å². The van der Waals surface area contributed by atoms with Crippen LogP contribution in [-0.2, 0) is 4.74 Å². The van der Waals surface area contributed by atoms with Gasteiger partial charge in [0.15, 0.2) is 5.52 Å². The van der Waals surface area contributed by atoms with Crippen molar-refractivity contribution in [3.05, 3.63) is 70.8 Å². The van der Waals surface area contributed by atoms with E-state index in [9.17, 15) is 15.0 Å². The second kappa shape index (κ2) is 7.79. The molecule has 0 saturated carbocycles. The largest absolute Gasteiger partial charge is 0.394 e. The Hall–Kier alpha value is -4.42. The van der Waals surface area contributed by atoms with Gasteiger partial charge in [0.25, 0.3) is 5.56 Å². The molecule has 0 spiro atoms. The molecule has 37 heavy (non-hydrogen) atoms. The normalized spacial score (nSPS) is 20.0. The van der Waals surface area contributed by atoms with Gasteiger partial charge in [-0.1, -0.05) is 48.4 Å². The lowest BCUT2D eigenvalue weighted by Gasteiger charge is -2.19. The summed E-state index contributed by atoms with van der Waals surface area (Å²) in [6.07, 6.45) is 5.63. The number of nitrogens with one attached hydrogen (secondary N) is 1. The van der Waals surface area contributed by atoms with E-state index >= 15 is 0 Å². The van der Waals surface area contributed by atoms with Gasteiger partial charge in [0.05, 0.1) is 24.6 Å². The Bertz CT molecular complexity index is 1950. The number of ether oxygens (including phenoxy) is 1. The number of pyridine rings is 1. The number of hydrogen-bond donors (Lipinski definition) is 4. The minimum atomic E-state index is -0.853. The second-order valence-corrected chi connectivity index (χ2v) is 9.51. The Morgan fingerprint density at radius 1 is 1.16 bits per heavy atom. The number of aromatic nitrogens is 3. The third-order valence-electron chi connectivity index (χ3n) is 7.52. The van der Waals surface area contributed by atoms with Crippen LogP contribution in [0.2, 0.25) is 0 Å². The SMILES string of the molecule is C#Cc1c(-c2c(N)[nH]c(=O)c3ncn([C@H]4C[C@H](O)[C@@H](CO)O4)c23)cc2ccc3cccc4ccc1c2c34. The molecule has 0 amide bonds. The summed E-state index contributed by atoms with van der Waals surface area (Å²) in [7, 11) is 0. The van der Waals surface area contributed by atoms with E-state index in [0.717, 1.165) is 32.3 Å². The van der Waals surface area contributed by atoms with Gasteiger partial charge in [-0.25, -0.2) is 4.98 Å². The molecule has 7 rings (SSSR count). The fourth-order valence-corrected chi connectivity index (χ4v) is 5.85. The first-order chi connectivity index (χ1) is 18.0. The smallest absolute Gasteiger partial charge is 0.277 e. The van der Waals surface area contributed by atoms with Gasteiger partial charge in [0.1, 0.15) is 18.1 Å². The molecule has 8 heteroatoms. The average molecular weight is 491 g/mol. The maximum absolute atomic E-state index is 12.8. The molecule has 1 fully saturated rings. The molecule has 0 unspecified atom stereocenters. The first kappa shape index (κ1) is 21.8. The summed E-state index contributed by atoms with van der Waals surface area (Å²) in [5, 5.41) is 26.3. The number of hydrogen-bond acceptors (Lipinski definition) is 6. The van der Waals surface area contributed by atoms with E-state index in [-0.39, 0.29) is 24.4 Å². The first-order valence-electron chi connectivity index (χ1n) is 12.0. The Morgan fingerprint density at radius 2 is 1.92 bits per heavy atom. The molecule has 0 bridgehead atoms. The van der Waals surface area contributed by atoms with Crippen molar-refractivity contribution < 1.29 is 14.9 Å². The third kappa shape index (κ3) is 2.96. The van der Waals surface area contributed by atoms with E-state index in [1.165, 1.54) is 6.33 Å². The van der Waals surface area contributed by atoms with Crippen molar-refractivity contribution in [1.29, 1.82) is 0 Å². The van der Waals surface area contributed by atoms with Crippen molar-refractivity contribution in [1.82, 2.24) is 14.5 Å². The van der Waals surface area contributed by atoms with Gasteiger partial charge in [-0.2, -0.15) is 0 Å². The molecule has 5 N–H and O–H groups in total. The number of anilines is 1. The summed E-state index contributed by atoms with van der Waals surface area (Å²) in [5.41, 5.74) is 8.56. The van der Waals surface area contributed by atoms with Crippen LogP contribution >= 0.6 is 0 Å². The van der Waals surface area contributed by atoms with Crippen molar-refractivity contribution >= 4 is 49.2 Å². The van der Waals surface area contributed by atoms with Crippen LogP contribution in [0.3, 0.4) is 0 Å². The molecule has 0 radical (unpaired) electrons. The van der Waals surface area contributed by atoms with Crippen molar-refractivity contribution in [3.8, 4) is 23.5 Å². The fraction of sp³-hybridized carbons (Fsp3) is 0.172. The maximum atomic E-state index is 12.8.